The zero-order chi connectivity index (χ0) is 21.8. The number of benzene rings is 2. The summed E-state index contributed by atoms with van der Waals surface area (Å²) in [6.45, 7) is 0.980. The zero-order valence-electron chi connectivity index (χ0n) is 16.3. The first kappa shape index (κ1) is 21.2. The minimum absolute atomic E-state index is 0.340. The molecule has 0 aliphatic heterocycles. The molecule has 4 aromatic rings. The molecule has 9 heteroatoms. The fourth-order valence-electron chi connectivity index (χ4n) is 3.14. The molecule has 0 saturated heterocycles. The average Bonchev–Trinajstić information content (AvgIpc) is 3.21. The molecule has 0 spiro atoms. The van der Waals surface area contributed by atoms with E-state index >= 15 is 0 Å². The fraction of sp³-hybridized carbons (Fsp3) is 0.0909. The molecule has 2 heterocycles. The maximum absolute atomic E-state index is 12.0. The number of rotatable bonds is 7. The Hall–Kier alpha value is -3.04. The Bertz CT molecular complexity index is 1190. The van der Waals surface area contributed by atoms with Crippen LogP contribution in [0.1, 0.15) is 21.6 Å². The van der Waals surface area contributed by atoms with Crippen LogP contribution in [0.2, 0.25) is 0 Å². The Morgan fingerprint density at radius 1 is 1.00 bits per heavy atom. The third-order valence-electron chi connectivity index (χ3n) is 4.61. The van der Waals surface area contributed by atoms with Gasteiger partial charge in [0, 0.05) is 20.8 Å². The fourth-order valence-corrected chi connectivity index (χ4v) is 3.67. The Kier molecular flexibility index (Phi) is 6.43. The lowest BCUT2D eigenvalue weighted by molar-refractivity contribution is 0.100. The predicted octanol–water partition coefficient (Wildman–Crippen LogP) is 4.68. The van der Waals surface area contributed by atoms with Crippen LogP contribution >= 0.6 is 31.9 Å². The van der Waals surface area contributed by atoms with E-state index in [0.717, 1.165) is 25.9 Å². The average molecular weight is 542 g/mol. The number of carbonyl (C=O) groups excluding carboxylic acids is 1. The quantitative estimate of drug-likeness (QED) is 0.367. The van der Waals surface area contributed by atoms with Gasteiger partial charge in [-0.2, -0.15) is 0 Å². The second-order valence-corrected chi connectivity index (χ2v) is 8.67. The summed E-state index contributed by atoms with van der Waals surface area (Å²) in [6, 6.07) is 19.2. The van der Waals surface area contributed by atoms with Crippen molar-refractivity contribution in [3.63, 3.8) is 0 Å². The molecule has 0 aliphatic rings. The van der Waals surface area contributed by atoms with Crippen LogP contribution in [0.5, 0.6) is 0 Å². The Morgan fingerprint density at radius 3 is 2.35 bits per heavy atom. The van der Waals surface area contributed by atoms with E-state index in [4.69, 9.17) is 5.73 Å². The normalized spacial score (nSPS) is 10.8. The van der Waals surface area contributed by atoms with Crippen LogP contribution in [0.3, 0.4) is 0 Å². The Balaban J connectivity index is 1.64. The van der Waals surface area contributed by atoms with Crippen molar-refractivity contribution in [1.82, 2.24) is 20.0 Å². The molecule has 7 nitrogen and oxygen atoms in total. The first-order chi connectivity index (χ1) is 15.0. The van der Waals surface area contributed by atoms with Crippen molar-refractivity contribution in [3.8, 4) is 0 Å². The van der Waals surface area contributed by atoms with Crippen molar-refractivity contribution in [3.05, 3.63) is 98.8 Å². The molecule has 0 atom stereocenters. The molecule has 0 unspecified atom stereocenters. The molecule has 4 rings (SSSR count). The van der Waals surface area contributed by atoms with Crippen LogP contribution in [0.15, 0.2) is 82.0 Å². The van der Waals surface area contributed by atoms with Crippen molar-refractivity contribution in [1.29, 1.82) is 0 Å². The van der Waals surface area contributed by atoms with Gasteiger partial charge in [0.2, 0.25) is 0 Å². The molecule has 0 aliphatic carbocycles. The van der Waals surface area contributed by atoms with E-state index in [2.05, 4.69) is 47.2 Å². The highest BCUT2D eigenvalue weighted by Crippen LogP contribution is 2.29. The summed E-state index contributed by atoms with van der Waals surface area (Å²) in [4.78, 5) is 18.3. The van der Waals surface area contributed by atoms with E-state index < -0.39 is 5.91 Å². The van der Waals surface area contributed by atoms with Crippen molar-refractivity contribution in [2.24, 2.45) is 5.73 Å². The summed E-state index contributed by atoms with van der Waals surface area (Å²) < 4.78 is 3.76. The van der Waals surface area contributed by atoms with Crippen molar-refractivity contribution in [2.75, 3.05) is 4.90 Å². The number of pyridine rings is 1. The number of carbonyl (C=O) groups is 1. The number of nitrogens with two attached hydrogens (primary N) is 1. The molecule has 0 bridgehead atoms. The third kappa shape index (κ3) is 5.18. The van der Waals surface area contributed by atoms with Crippen LogP contribution < -0.4 is 10.6 Å². The molecule has 0 saturated carbocycles. The van der Waals surface area contributed by atoms with Gasteiger partial charge >= 0.3 is 0 Å². The lowest BCUT2D eigenvalue weighted by Crippen LogP contribution is -2.23. The minimum Gasteiger partial charge on any atom is -0.365 e. The number of halogens is 2. The van der Waals surface area contributed by atoms with Gasteiger partial charge in [0.1, 0.15) is 11.5 Å². The van der Waals surface area contributed by atoms with E-state index in [0.29, 0.717) is 24.5 Å². The van der Waals surface area contributed by atoms with Gasteiger partial charge in [-0.1, -0.05) is 49.2 Å². The maximum atomic E-state index is 12.0. The van der Waals surface area contributed by atoms with E-state index in [1.807, 2.05) is 59.6 Å². The highest BCUT2D eigenvalue weighted by atomic mass is 79.9. The van der Waals surface area contributed by atoms with Crippen molar-refractivity contribution < 1.29 is 4.79 Å². The molecule has 1 amide bonds. The Morgan fingerprint density at radius 2 is 1.68 bits per heavy atom. The molecular formula is C22H18Br2N6O. The SMILES string of the molecule is NC(=O)c1cccnc1N(Cc1cn(Cc2ccc(Br)cc2)nn1)c1ccc(Br)cc1. The van der Waals surface area contributed by atoms with Gasteiger partial charge in [0.05, 0.1) is 24.8 Å². The van der Waals surface area contributed by atoms with Crippen LogP contribution in [-0.2, 0) is 13.1 Å². The second-order valence-electron chi connectivity index (χ2n) is 6.84. The predicted molar refractivity (Wildman–Crippen MR) is 126 cm³/mol. The monoisotopic (exact) mass is 540 g/mol. The first-order valence-electron chi connectivity index (χ1n) is 9.41. The highest BCUT2D eigenvalue weighted by Gasteiger charge is 2.19. The molecule has 31 heavy (non-hydrogen) atoms. The van der Waals surface area contributed by atoms with Crippen LogP contribution in [0, 0.1) is 0 Å². The van der Waals surface area contributed by atoms with E-state index in [-0.39, 0.29) is 0 Å². The van der Waals surface area contributed by atoms with E-state index in [9.17, 15) is 4.79 Å². The smallest absolute Gasteiger partial charge is 0.252 e. The van der Waals surface area contributed by atoms with E-state index in [1.165, 1.54) is 0 Å². The van der Waals surface area contributed by atoms with Crippen LogP contribution in [-0.4, -0.2) is 25.9 Å². The van der Waals surface area contributed by atoms with Gasteiger partial charge in [0.15, 0.2) is 0 Å². The lowest BCUT2D eigenvalue weighted by atomic mass is 10.2. The van der Waals surface area contributed by atoms with Gasteiger partial charge < -0.3 is 10.6 Å². The highest BCUT2D eigenvalue weighted by molar-refractivity contribution is 9.10. The molecular weight excluding hydrogens is 524 g/mol. The molecule has 156 valence electrons. The first-order valence-corrected chi connectivity index (χ1v) is 11.0. The maximum Gasteiger partial charge on any atom is 0.252 e. The summed E-state index contributed by atoms with van der Waals surface area (Å²) in [5.74, 6) is -0.0658. The molecule has 0 fully saturated rings. The number of nitrogens with zero attached hydrogens (tertiary/aromatic N) is 5. The van der Waals surface area contributed by atoms with Gasteiger partial charge in [-0.25, -0.2) is 9.67 Å². The number of hydrogen-bond acceptors (Lipinski definition) is 5. The van der Waals surface area contributed by atoms with Crippen LogP contribution in [0.4, 0.5) is 11.5 Å². The van der Waals surface area contributed by atoms with Gasteiger partial charge in [-0.3, -0.25) is 4.79 Å². The Labute approximate surface area is 196 Å². The van der Waals surface area contributed by atoms with E-state index in [1.54, 1.807) is 23.0 Å². The number of amides is 1. The summed E-state index contributed by atoms with van der Waals surface area (Å²) in [6.07, 6.45) is 3.53. The number of aromatic nitrogens is 4. The molecule has 0 radical (unpaired) electrons. The van der Waals surface area contributed by atoms with Crippen molar-refractivity contribution in [2.45, 2.75) is 13.1 Å². The van der Waals surface area contributed by atoms with Gasteiger partial charge in [0.25, 0.3) is 5.91 Å². The largest absolute Gasteiger partial charge is 0.365 e. The van der Waals surface area contributed by atoms with Gasteiger partial charge in [-0.05, 0) is 54.1 Å². The van der Waals surface area contributed by atoms with Crippen molar-refractivity contribution >= 4 is 49.3 Å². The summed E-state index contributed by atoms with van der Waals surface area (Å²) in [7, 11) is 0. The van der Waals surface area contributed by atoms with Crippen LogP contribution in [0.25, 0.3) is 0 Å². The molecule has 2 aromatic carbocycles. The summed E-state index contributed by atoms with van der Waals surface area (Å²) in [5.41, 5.74) is 8.65. The topological polar surface area (TPSA) is 89.9 Å². The third-order valence-corrected chi connectivity index (χ3v) is 5.67. The number of hydrogen-bond donors (Lipinski definition) is 1. The number of anilines is 2. The standard InChI is InChI=1S/C22H18Br2N6O/c23-16-5-3-15(4-6-16)12-29-13-18(27-28-29)14-30(19-9-7-17(24)8-10-19)22-20(21(25)31)2-1-11-26-22/h1-11,13H,12,14H2,(H2,25,31). The second kappa shape index (κ2) is 9.40. The lowest BCUT2D eigenvalue weighted by Gasteiger charge is -2.24. The minimum atomic E-state index is -0.538. The summed E-state index contributed by atoms with van der Waals surface area (Å²) >= 11 is 6.90. The molecule has 2 N–H and O–H groups in total. The van der Waals surface area contributed by atoms with Gasteiger partial charge in [-0.15, -0.1) is 5.10 Å². The summed E-state index contributed by atoms with van der Waals surface area (Å²) in [5, 5.41) is 8.58. The molecule has 2 aromatic heterocycles. The zero-order valence-corrected chi connectivity index (χ0v) is 19.5. The number of primary amides is 1.